The van der Waals surface area contributed by atoms with Crippen LogP contribution in [0.3, 0.4) is 0 Å². The third-order valence-corrected chi connectivity index (χ3v) is 18.6. The molecule has 5 fully saturated rings. The predicted octanol–water partition coefficient (Wildman–Crippen LogP) is 8.04. The molecular weight excluding hydrogens is 1040 g/mol. The van der Waals surface area contributed by atoms with E-state index in [1.54, 1.807) is 29.7 Å². The number of hydrogen-bond acceptors (Lipinski definition) is 16. The number of pyridine rings is 1. The number of ether oxygens (including phenoxy) is 1. The van der Waals surface area contributed by atoms with Crippen molar-refractivity contribution in [2.75, 3.05) is 68.8 Å². The Morgan fingerprint density at radius 3 is 2.45 bits per heavy atom. The van der Waals surface area contributed by atoms with Gasteiger partial charge >= 0.3 is 6.01 Å². The number of thiazole rings is 1. The number of carbonyl (C=O) groups is 3. The van der Waals surface area contributed by atoms with Crippen molar-refractivity contribution < 1.29 is 38.2 Å². The predicted molar refractivity (Wildman–Crippen MR) is 303 cm³/mol. The molecule has 9 heterocycles. The van der Waals surface area contributed by atoms with Crippen LogP contribution in [0.15, 0.2) is 76.9 Å². The van der Waals surface area contributed by atoms with E-state index >= 15 is 4.39 Å². The zero-order valence-electron chi connectivity index (χ0n) is 45.8. The number of benzene rings is 3. The fraction of sp³-hybridized carbons (Fsp3) is 0.467. The Kier molecular flexibility index (Phi) is 14.4. The number of aromatic hydroxyl groups is 1. The zero-order valence-corrected chi connectivity index (χ0v) is 46.7. The van der Waals surface area contributed by atoms with Crippen molar-refractivity contribution in [3.8, 4) is 33.5 Å². The molecule has 18 nitrogen and oxygen atoms in total. The van der Waals surface area contributed by atoms with Gasteiger partial charge in [-0.25, -0.2) is 9.37 Å². The van der Waals surface area contributed by atoms with Gasteiger partial charge < -0.3 is 44.4 Å². The molecule has 5 aliphatic heterocycles. The monoisotopic (exact) mass is 1110 g/mol. The molecule has 12 rings (SSSR count). The second kappa shape index (κ2) is 21.6. The second-order valence-electron chi connectivity index (χ2n) is 23.1. The van der Waals surface area contributed by atoms with Gasteiger partial charge in [-0.15, -0.1) is 11.3 Å². The Morgan fingerprint density at radius 2 is 1.75 bits per heavy atom. The highest BCUT2D eigenvalue weighted by Gasteiger charge is 2.48. The van der Waals surface area contributed by atoms with E-state index in [0.29, 0.717) is 54.4 Å². The number of aliphatic hydroxyl groups is 1. The molecule has 0 aliphatic carbocycles. The number of aromatic nitrogens is 5. The standard InChI is InChI=1S/C60H68FN11O7S/c1-6-37-8-7-9-40-22-43(74)23-45(51(37)40)53-52(61)54-46(26-62-53)56(69-27-41-14-15-42(28-69)72(41)33-73)66-59(65-54)78-21-20-68-18-16-60(17-19-68)30-70(31-60)49-25-48(79-67-49)50(34(2)3)58(77)71-29-44(75)24-47(71)57(76)64-35(4)38-10-12-39(13-11-38)55-36(5)63-32-80-55/h7-13,22-23,25-26,32-35,41-42,44,47,50,74-75H,6,14-21,24,27-31H2,1-5H3,(H,64,76)/t35?,41?,42?,44-,47+,50?/m1/s1. The summed E-state index contributed by atoms with van der Waals surface area (Å²) in [4.78, 5) is 70.2. The SMILES string of the molecule is CCc1cccc2cc(O)cc(-c3ncc4c(N5CC6CCC(C5)N6C=O)nc(OCCN5CCC6(CC5)CN(c5cc(C(C(=O)N7C[C@H](O)C[C@H]7C(=O)NC(C)c7ccc(-c8scnc8C)cc7)C(C)C)on5)C6)nc4c3F)c12. The van der Waals surface area contributed by atoms with Crippen LogP contribution in [-0.4, -0.2) is 151 Å². The molecule has 4 unspecified atom stereocenters. The Hall–Kier alpha value is -7.29. The van der Waals surface area contributed by atoms with Gasteiger partial charge in [-0.1, -0.05) is 68.4 Å². The first-order valence-corrected chi connectivity index (χ1v) is 29.0. The molecular formula is C60H68FN11O7S. The number of phenols is 1. The van der Waals surface area contributed by atoms with Gasteiger partial charge in [0.15, 0.2) is 17.4 Å². The summed E-state index contributed by atoms with van der Waals surface area (Å²) in [5.74, 6) is -0.444. The molecule has 7 aromatic rings. The fourth-order valence-corrected chi connectivity index (χ4v) is 14.0. The molecule has 80 heavy (non-hydrogen) atoms. The minimum Gasteiger partial charge on any atom is -0.508 e. The van der Waals surface area contributed by atoms with E-state index in [-0.39, 0.29) is 83.8 Å². The lowest BCUT2D eigenvalue weighted by atomic mass is 9.72. The number of halogens is 1. The third-order valence-electron chi connectivity index (χ3n) is 17.6. The fourth-order valence-electron chi connectivity index (χ4n) is 13.2. The molecule has 0 saturated carbocycles. The van der Waals surface area contributed by atoms with Crippen LogP contribution in [0.5, 0.6) is 11.8 Å². The molecule has 3 N–H and O–H groups in total. The van der Waals surface area contributed by atoms with Gasteiger partial charge in [0.1, 0.15) is 41.3 Å². The molecule has 4 aromatic heterocycles. The lowest BCUT2D eigenvalue weighted by Gasteiger charge is -2.54. The molecule has 0 radical (unpaired) electrons. The normalized spacial score (nSPS) is 21.6. The second-order valence-corrected chi connectivity index (χ2v) is 23.9. The van der Waals surface area contributed by atoms with Gasteiger partial charge in [-0.2, -0.15) is 9.97 Å². The van der Waals surface area contributed by atoms with Gasteiger partial charge in [0.05, 0.1) is 33.6 Å². The van der Waals surface area contributed by atoms with Crippen LogP contribution in [0.4, 0.5) is 16.0 Å². The summed E-state index contributed by atoms with van der Waals surface area (Å²) in [6, 6.07) is 17.9. The van der Waals surface area contributed by atoms with Crippen LogP contribution >= 0.6 is 11.3 Å². The lowest BCUT2D eigenvalue weighted by molar-refractivity contribution is -0.141. The molecule has 2 bridgehead atoms. The summed E-state index contributed by atoms with van der Waals surface area (Å²) in [6.45, 7) is 15.2. The summed E-state index contributed by atoms with van der Waals surface area (Å²) in [7, 11) is 0. The molecule has 5 aliphatic rings. The van der Waals surface area contributed by atoms with E-state index in [0.717, 1.165) is 96.3 Å². The first-order chi connectivity index (χ1) is 38.7. The Bertz CT molecular complexity index is 3450. The highest BCUT2D eigenvalue weighted by atomic mass is 32.1. The maximum Gasteiger partial charge on any atom is 0.319 e. The summed E-state index contributed by atoms with van der Waals surface area (Å²) < 4.78 is 29.5. The minimum absolute atomic E-state index is 0.0112. The number of anilines is 2. The van der Waals surface area contributed by atoms with Gasteiger partial charge in [0.25, 0.3) is 0 Å². The van der Waals surface area contributed by atoms with E-state index in [9.17, 15) is 24.6 Å². The smallest absolute Gasteiger partial charge is 0.319 e. The summed E-state index contributed by atoms with van der Waals surface area (Å²) in [5.41, 5.74) is 6.55. The third kappa shape index (κ3) is 9.96. The van der Waals surface area contributed by atoms with Crippen LogP contribution in [-0.2, 0) is 20.8 Å². The van der Waals surface area contributed by atoms with Crippen LogP contribution < -0.4 is 19.9 Å². The van der Waals surface area contributed by atoms with Crippen LogP contribution in [0, 0.1) is 24.1 Å². The van der Waals surface area contributed by atoms with Crippen molar-refractivity contribution in [3.63, 3.8) is 0 Å². The number of piperidine rings is 1. The van der Waals surface area contributed by atoms with Crippen LogP contribution in [0.25, 0.3) is 43.4 Å². The molecule has 3 aromatic carbocycles. The Balaban J connectivity index is 0.681. The Labute approximate surface area is 467 Å². The highest BCUT2D eigenvalue weighted by Crippen LogP contribution is 2.44. The number of amides is 3. The van der Waals surface area contributed by atoms with Gasteiger partial charge in [0, 0.05) is 81.0 Å². The minimum atomic E-state index is -0.836. The number of fused-ring (bicyclic) bond motifs is 4. The zero-order chi connectivity index (χ0) is 55.6. The number of aryl methyl sites for hydroxylation is 2. The lowest BCUT2D eigenvalue weighted by Crippen LogP contribution is -2.60. The maximum atomic E-state index is 17.2. The van der Waals surface area contributed by atoms with Crippen molar-refractivity contribution >= 4 is 62.9 Å². The first kappa shape index (κ1) is 53.4. The average Bonchev–Trinajstić information content (AvgIpc) is 4.33. The van der Waals surface area contributed by atoms with E-state index in [1.165, 1.54) is 4.90 Å². The van der Waals surface area contributed by atoms with E-state index < -0.39 is 23.9 Å². The van der Waals surface area contributed by atoms with Crippen LogP contribution in [0.2, 0.25) is 0 Å². The molecule has 6 atom stereocenters. The van der Waals surface area contributed by atoms with E-state index in [4.69, 9.17) is 24.2 Å². The average molecular weight is 1110 g/mol. The number of piperazine rings is 1. The first-order valence-electron chi connectivity index (χ1n) is 28.1. The number of nitrogens with zero attached hydrogens (tertiary/aromatic N) is 10. The molecule has 3 amide bonds. The van der Waals surface area contributed by atoms with Crippen molar-refractivity contribution in [1.29, 1.82) is 0 Å². The topological polar surface area (TPSA) is 207 Å². The Morgan fingerprint density at radius 1 is 0.988 bits per heavy atom. The summed E-state index contributed by atoms with van der Waals surface area (Å²) in [5, 5.41) is 31.2. The molecule has 418 valence electrons. The number of carbonyl (C=O) groups excluding carboxylic acids is 3. The largest absolute Gasteiger partial charge is 0.508 e. The van der Waals surface area contributed by atoms with Gasteiger partial charge in [-0.05, 0) is 105 Å². The molecule has 1 spiro atoms. The van der Waals surface area contributed by atoms with E-state index in [1.807, 2.05) is 93.6 Å². The number of likely N-dealkylation sites (tertiary alicyclic amines) is 2. The number of nitrogens with one attached hydrogen (secondary N) is 1. The summed E-state index contributed by atoms with van der Waals surface area (Å²) in [6.07, 6.45) is 6.27. The number of β-amino-alcohol motifs (C(OH)–C–C–N with tert-alkyl or cyclic N) is 1. The van der Waals surface area contributed by atoms with Crippen molar-refractivity contribution in [2.45, 2.75) is 109 Å². The maximum absolute atomic E-state index is 17.2. The quantitative estimate of drug-likeness (QED) is 0.0783. The number of phenolic OH excluding ortho intramolecular Hbond substituents is 1. The number of hydrogen-bond donors (Lipinski definition) is 3. The van der Waals surface area contributed by atoms with Crippen molar-refractivity contribution in [3.05, 3.63) is 101 Å². The van der Waals surface area contributed by atoms with Gasteiger partial charge in [0.2, 0.25) is 18.2 Å². The number of rotatable bonds is 16. The summed E-state index contributed by atoms with van der Waals surface area (Å²) >= 11 is 1.59. The van der Waals surface area contributed by atoms with Gasteiger partial charge in [-0.3, -0.25) is 24.3 Å². The highest BCUT2D eigenvalue weighted by molar-refractivity contribution is 7.13. The molecule has 5 saturated heterocycles. The van der Waals surface area contributed by atoms with Crippen molar-refractivity contribution in [1.82, 2.24) is 45.1 Å². The molecule has 20 heteroatoms. The van der Waals surface area contributed by atoms with Crippen LogP contribution in [0.1, 0.15) is 94.3 Å². The van der Waals surface area contributed by atoms with Crippen molar-refractivity contribution in [2.24, 2.45) is 11.3 Å². The van der Waals surface area contributed by atoms with E-state index in [2.05, 4.69) is 30.2 Å². The number of aliphatic hydroxyl groups excluding tert-OH is 1.